The summed E-state index contributed by atoms with van der Waals surface area (Å²) in [6, 6.07) is 22.1. The third-order valence-electron chi connectivity index (χ3n) is 4.60. The number of para-hydroxylation sites is 1. The Morgan fingerprint density at radius 3 is 2.40 bits per heavy atom. The number of rotatable bonds is 8. The summed E-state index contributed by atoms with van der Waals surface area (Å²) in [6.45, 7) is 2.13. The van der Waals surface area contributed by atoms with E-state index >= 15 is 0 Å². The van der Waals surface area contributed by atoms with Crippen LogP contribution in [-0.2, 0) is 21.4 Å². The van der Waals surface area contributed by atoms with E-state index in [2.05, 4.69) is 10.0 Å². The van der Waals surface area contributed by atoms with Gasteiger partial charge in [0.15, 0.2) is 0 Å². The van der Waals surface area contributed by atoms with Crippen molar-refractivity contribution in [3.8, 4) is 0 Å². The van der Waals surface area contributed by atoms with Crippen LogP contribution in [0.2, 0.25) is 0 Å². The second-order valence-corrected chi connectivity index (χ2v) is 8.54. The lowest BCUT2D eigenvalue weighted by Crippen LogP contribution is -2.27. The van der Waals surface area contributed by atoms with Gasteiger partial charge in [0.05, 0.1) is 11.5 Å². The maximum absolute atomic E-state index is 12.8. The fourth-order valence-electron chi connectivity index (χ4n) is 3.03. The van der Waals surface area contributed by atoms with Crippen molar-refractivity contribution >= 4 is 21.6 Å². The van der Waals surface area contributed by atoms with E-state index in [0.29, 0.717) is 12.3 Å². The first-order valence-electron chi connectivity index (χ1n) is 9.46. The van der Waals surface area contributed by atoms with Gasteiger partial charge in [0, 0.05) is 30.0 Å². The van der Waals surface area contributed by atoms with Crippen LogP contribution in [0.15, 0.2) is 83.8 Å². The Bertz CT molecular complexity index is 1110. The average molecular weight is 425 g/mol. The summed E-state index contributed by atoms with van der Waals surface area (Å²) >= 11 is 0. The summed E-state index contributed by atoms with van der Waals surface area (Å²) in [6.07, 6.45) is 0. The van der Waals surface area contributed by atoms with Gasteiger partial charge in [-0.15, -0.1) is 0 Å². The van der Waals surface area contributed by atoms with Crippen molar-refractivity contribution in [2.75, 3.05) is 12.4 Å². The fraction of sp³-hybridized carbons (Fsp3) is 0.174. The zero-order chi connectivity index (χ0) is 21.6. The van der Waals surface area contributed by atoms with Crippen molar-refractivity contribution in [3.63, 3.8) is 0 Å². The third kappa shape index (κ3) is 5.33. The molecule has 6 nitrogen and oxygen atoms in total. The number of nitrogens with one attached hydrogen (secondary N) is 2. The van der Waals surface area contributed by atoms with Crippen LogP contribution in [0.3, 0.4) is 0 Å². The van der Waals surface area contributed by atoms with Crippen LogP contribution >= 0.6 is 0 Å². The molecule has 0 saturated carbocycles. The number of hydrogen-bond donors (Lipinski definition) is 2. The van der Waals surface area contributed by atoms with Gasteiger partial charge in [0.1, 0.15) is 0 Å². The first kappa shape index (κ1) is 21.7. The van der Waals surface area contributed by atoms with Crippen molar-refractivity contribution in [2.24, 2.45) is 0 Å². The van der Waals surface area contributed by atoms with Gasteiger partial charge in [0.25, 0.3) is 5.91 Å². The van der Waals surface area contributed by atoms with Crippen molar-refractivity contribution in [1.82, 2.24) is 4.72 Å². The Morgan fingerprint density at radius 2 is 1.67 bits per heavy atom. The van der Waals surface area contributed by atoms with E-state index in [1.807, 2.05) is 48.5 Å². The number of carbonyl (C=O) groups is 1. The molecular weight excluding hydrogens is 400 g/mol. The van der Waals surface area contributed by atoms with Crippen LogP contribution in [0.1, 0.15) is 34.5 Å². The summed E-state index contributed by atoms with van der Waals surface area (Å²) in [5.41, 5.74) is 2.55. The summed E-state index contributed by atoms with van der Waals surface area (Å²) in [5.74, 6) is -0.397. The van der Waals surface area contributed by atoms with E-state index in [4.69, 9.17) is 4.74 Å². The minimum Gasteiger partial charge on any atom is -0.380 e. The monoisotopic (exact) mass is 424 g/mol. The highest BCUT2D eigenvalue weighted by Gasteiger charge is 2.20. The van der Waals surface area contributed by atoms with Crippen LogP contribution in [0.25, 0.3) is 0 Å². The lowest BCUT2D eigenvalue weighted by molar-refractivity contribution is 0.102. The van der Waals surface area contributed by atoms with Crippen LogP contribution < -0.4 is 10.0 Å². The van der Waals surface area contributed by atoms with Gasteiger partial charge >= 0.3 is 0 Å². The van der Waals surface area contributed by atoms with E-state index in [0.717, 1.165) is 11.1 Å². The largest absolute Gasteiger partial charge is 0.380 e. The predicted octanol–water partition coefficient (Wildman–Crippen LogP) is 4.12. The Hall–Kier alpha value is -3.00. The SMILES string of the molecule is COCc1ccccc1NC(=O)c1cccc(S(=O)(=O)NC(C)c2ccccc2)c1. The molecule has 30 heavy (non-hydrogen) atoms. The van der Waals surface area contributed by atoms with Gasteiger partial charge in [-0.25, -0.2) is 13.1 Å². The first-order valence-corrected chi connectivity index (χ1v) is 10.9. The second-order valence-electron chi connectivity index (χ2n) is 6.83. The lowest BCUT2D eigenvalue weighted by atomic mass is 10.1. The Labute approximate surface area is 177 Å². The molecule has 0 aliphatic heterocycles. The number of amides is 1. The van der Waals surface area contributed by atoms with Crippen molar-refractivity contribution in [3.05, 3.63) is 95.6 Å². The minimum atomic E-state index is -3.80. The quantitative estimate of drug-likeness (QED) is 0.570. The molecular formula is C23H24N2O4S. The molecule has 0 bridgehead atoms. The predicted molar refractivity (Wildman–Crippen MR) is 117 cm³/mol. The van der Waals surface area contributed by atoms with E-state index in [-0.39, 0.29) is 10.5 Å². The summed E-state index contributed by atoms with van der Waals surface area (Å²) < 4.78 is 33.5. The van der Waals surface area contributed by atoms with E-state index in [9.17, 15) is 13.2 Å². The molecule has 0 fully saturated rings. The number of hydrogen-bond acceptors (Lipinski definition) is 4. The van der Waals surface area contributed by atoms with E-state index in [1.165, 1.54) is 12.1 Å². The molecule has 3 aromatic carbocycles. The highest BCUT2D eigenvalue weighted by atomic mass is 32.2. The smallest absolute Gasteiger partial charge is 0.255 e. The fourth-order valence-corrected chi connectivity index (χ4v) is 4.31. The Morgan fingerprint density at radius 1 is 0.967 bits per heavy atom. The molecule has 0 aliphatic rings. The standard InChI is InChI=1S/C23H24N2O4S/c1-17(18-9-4-3-5-10-18)25-30(27,28)21-13-8-12-19(15-21)23(26)24-22-14-7-6-11-20(22)16-29-2/h3-15,17,25H,16H2,1-2H3,(H,24,26). The molecule has 2 N–H and O–H groups in total. The minimum absolute atomic E-state index is 0.0307. The van der Waals surface area contributed by atoms with Crippen LogP contribution in [0, 0.1) is 0 Å². The van der Waals surface area contributed by atoms with Gasteiger partial charge in [-0.2, -0.15) is 0 Å². The lowest BCUT2D eigenvalue weighted by Gasteiger charge is -2.15. The zero-order valence-electron chi connectivity index (χ0n) is 16.8. The molecule has 1 atom stereocenters. The number of methoxy groups -OCH3 is 1. The van der Waals surface area contributed by atoms with Gasteiger partial charge in [0.2, 0.25) is 10.0 Å². The topological polar surface area (TPSA) is 84.5 Å². The normalized spacial score (nSPS) is 12.3. The molecule has 1 amide bonds. The van der Waals surface area contributed by atoms with Gasteiger partial charge in [-0.3, -0.25) is 4.79 Å². The van der Waals surface area contributed by atoms with Crippen molar-refractivity contribution < 1.29 is 17.9 Å². The summed E-state index contributed by atoms with van der Waals surface area (Å²) in [7, 11) is -2.22. The highest BCUT2D eigenvalue weighted by Crippen LogP contribution is 2.20. The van der Waals surface area contributed by atoms with Gasteiger partial charge in [-0.1, -0.05) is 54.6 Å². The summed E-state index contributed by atoms with van der Waals surface area (Å²) in [5, 5.41) is 2.82. The van der Waals surface area contributed by atoms with Crippen LogP contribution in [0.4, 0.5) is 5.69 Å². The molecule has 0 aliphatic carbocycles. The first-order chi connectivity index (χ1) is 14.4. The van der Waals surface area contributed by atoms with Crippen LogP contribution in [0.5, 0.6) is 0 Å². The Kier molecular flexibility index (Phi) is 6.99. The maximum Gasteiger partial charge on any atom is 0.255 e. The molecule has 0 spiro atoms. The van der Waals surface area contributed by atoms with E-state index < -0.39 is 22.0 Å². The molecule has 1 unspecified atom stereocenters. The number of ether oxygens (including phenoxy) is 1. The number of sulfonamides is 1. The van der Waals surface area contributed by atoms with Crippen molar-refractivity contribution in [1.29, 1.82) is 0 Å². The molecule has 7 heteroatoms. The average Bonchev–Trinajstić information content (AvgIpc) is 2.75. The van der Waals surface area contributed by atoms with Crippen molar-refractivity contribution in [2.45, 2.75) is 24.5 Å². The highest BCUT2D eigenvalue weighted by molar-refractivity contribution is 7.89. The summed E-state index contributed by atoms with van der Waals surface area (Å²) in [4.78, 5) is 12.8. The molecule has 3 rings (SSSR count). The number of anilines is 1. The van der Waals surface area contributed by atoms with Gasteiger partial charge < -0.3 is 10.1 Å². The molecule has 0 radical (unpaired) electrons. The van der Waals surface area contributed by atoms with E-state index in [1.54, 1.807) is 32.2 Å². The third-order valence-corrected chi connectivity index (χ3v) is 6.14. The van der Waals surface area contributed by atoms with Crippen LogP contribution in [-0.4, -0.2) is 21.4 Å². The number of carbonyl (C=O) groups excluding carboxylic acids is 1. The Balaban J connectivity index is 1.79. The maximum atomic E-state index is 12.8. The second kappa shape index (κ2) is 9.67. The number of benzene rings is 3. The molecule has 3 aromatic rings. The van der Waals surface area contributed by atoms with Gasteiger partial charge in [-0.05, 0) is 36.8 Å². The molecule has 0 saturated heterocycles. The molecule has 0 aromatic heterocycles. The molecule has 0 heterocycles. The molecule has 156 valence electrons. The zero-order valence-corrected chi connectivity index (χ0v) is 17.6.